The Kier molecular flexibility index (Phi) is 4.55. The van der Waals surface area contributed by atoms with E-state index in [4.69, 9.17) is 10.5 Å². The van der Waals surface area contributed by atoms with Crippen molar-refractivity contribution in [1.82, 2.24) is 4.90 Å². The minimum atomic E-state index is -3.23. The monoisotopic (exact) mass is 298 g/mol. The van der Waals surface area contributed by atoms with Crippen LogP contribution < -0.4 is 10.5 Å². The van der Waals surface area contributed by atoms with Crippen LogP contribution in [0.15, 0.2) is 23.1 Å². The van der Waals surface area contributed by atoms with Gasteiger partial charge in [0.2, 0.25) is 0 Å². The van der Waals surface area contributed by atoms with E-state index in [9.17, 15) is 8.42 Å². The molecule has 1 saturated heterocycles. The Morgan fingerprint density at radius 1 is 1.40 bits per heavy atom. The zero-order chi connectivity index (χ0) is 14.8. The van der Waals surface area contributed by atoms with Crippen LogP contribution in [0.25, 0.3) is 0 Å². The van der Waals surface area contributed by atoms with Gasteiger partial charge in [-0.1, -0.05) is 6.42 Å². The van der Waals surface area contributed by atoms with Crippen molar-refractivity contribution in [3.8, 4) is 5.75 Å². The minimum absolute atomic E-state index is 0.220. The SMILES string of the molecule is CN1CCCCC1COc1ccc(S(C)(=O)=O)cc1N. The highest BCUT2D eigenvalue weighted by atomic mass is 32.2. The van der Waals surface area contributed by atoms with Gasteiger partial charge in [-0.3, -0.25) is 0 Å². The molecule has 1 aromatic carbocycles. The highest BCUT2D eigenvalue weighted by Gasteiger charge is 2.20. The summed E-state index contributed by atoms with van der Waals surface area (Å²) in [5, 5.41) is 0. The minimum Gasteiger partial charge on any atom is -0.490 e. The van der Waals surface area contributed by atoms with Crippen molar-refractivity contribution in [2.45, 2.75) is 30.2 Å². The number of sulfone groups is 1. The second-order valence-electron chi connectivity index (χ2n) is 5.41. The smallest absolute Gasteiger partial charge is 0.175 e. The summed E-state index contributed by atoms with van der Waals surface area (Å²) in [5.41, 5.74) is 6.23. The molecule has 1 fully saturated rings. The van der Waals surface area contributed by atoms with Gasteiger partial charge in [0.25, 0.3) is 0 Å². The molecule has 1 unspecified atom stereocenters. The van der Waals surface area contributed by atoms with E-state index >= 15 is 0 Å². The van der Waals surface area contributed by atoms with Crippen molar-refractivity contribution in [2.24, 2.45) is 0 Å². The van der Waals surface area contributed by atoms with Crippen molar-refractivity contribution < 1.29 is 13.2 Å². The van der Waals surface area contributed by atoms with Gasteiger partial charge in [0.1, 0.15) is 12.4 Å². The number of anilines is 1. The molecule has 0 spiro atoms. The van der Waals surface area contributed by atoms with Gasteiger partial charge < -0.3 is 15.4 Å². The Morgan fingerprint density at radius 3 is 2.75 bits per heavy atom. The van der Waals surface area contributed by atoms with Crippen molar-refractivity contribution in [3.05, 3.63) is 18.2 Å². The summed E-state index contributed by atoms with van der Waals surface area (Å²) in [4.78, 5) is 2.52. The zero-order valence-corrected chi connectivity index (χ0v) is 12.8. The fourth-order valence-electron chi connectivity index (χ4n) is 2.43. The molecule has 0 amide bonds. The molecule has 1 heterocycles. The van der Waals surface area contributed by atoms with Crippen LogP contribution in [0.2, 0.25) is 0 Å². The number of nitrogen functional groups attached to an aromatic ring is 1. The average molecular weight is 298 g/mol. The number of nitrogens with two attached hydrogens (primary N) is 1. The number of hydrogen-bond donors (Lipinski definition) is 1. The van der Waals surface area contributed by atoms with Gasteiger partial charge in [0.15, 0.2) is 9.84 Å². The maximum Gasteiger partial charge on any atom is 0.175 e. The number of rotatable bonds is 4. The third-order valence-electron chi connectivity index (χ3n) is 3.76. The molecule has 5 nitrogen and oxygen atoms in total. The predicted octanol–water partition coefficient (Wildman–Crippen LogP) is 1.54. The van der Waals surface area contributed by atoms with Crippen LogP contribution in [0.3, 0.4) is 0 Å². The maximum atomic E-state index is 11.4. The van der Waals surface area contributed by atoms with Gasteiger partial charge in [-0.25, -0.2) is 8.42 Å². The summed E-state index contributed by atoms with van der Waals surface area (Å²) in [5.74, 6) is 0.552. The third kappa shape index (κ3) is 3.64. The van der Waals surface area contributed by atoms with E-state index in [1.54, 1.807) is 6.07 Å². The van der Waals surface area contributed by atoms with Crippen LogP contribution in [-0.4, -0.2) is 45.8 Å². The lowest BCUT2D eigenvalue weighted by molar-refractivity contribution is 0.125. The second kappa shape index (κ2) is 6.01. The quantitative estimate of drug-likeness (QED) is 0.854. The van der Waals surface area contributed by atoms with E-state index in [1.807, 2.05) is 0 Å². The highest BCUT2D eigenvalue weighted by molar-refractivity contribution is 7.90. The van der Waals surface area contributed by atoms with Gasteiger partial charge in [0.05, 0.1) is 10.6 Å². The third-order valence-corrected chi connectivity index (χ3v) is 4.87. The highest BCUT2D eigenvalue weighted by Crippen LogP contribution is 2.26. The predicted molar refractivity (Wildman–Crippen MR) is 79.7 cm³/mol. The fraction of sp³-hybridized carbons (Fsp3) is 0.571. The Bertz CT molecular complexity index is 572. The number of piperidine rings is 1. The number of likely N-dealkylation sites (tertiary alicyclic amines) is 1. The molecule has 0 aliphatic carbocycles. The molecule has 6 heteroatoms. The van der Waals surface area contributed by atoms with Gasteiger partial charge in [-0.15, -0.1) is 0 Å². The molecular weight excluding hydrogens is 276 g/mol. The first-order valence-corrected chi connectivity index (χ1v) is 8.69. The first-order chi connectivity index (χ1) is 9.38. The van der Waals surface area contributed by atoms with Crippen LogP contribution in [0.4, 0.5) is 5.69 Å². The molecule has 0 saturated carbocycles. The molecule has 1 aliphatic heterocycles. The van der Waals surface area contributed by atoms with Crippen LogP contribution in [-0.2, 0) is 9.84 Å². The van der Waals surface area contributed by atoms with Crippen LogP contribution >= 0.6 is 0 Å². The van der Waals surface area contributed by atoms with Crippen LogP contribution in [0.1, 0.15) is 19.3 Å². The van der Waals surface area contributed by atoms with Crippen molar-refractivity contribution >= 4 is 15.5 Å². The summed E-state index contributed by atoms with van der Waals surface area (Å²) in [6.45, 7) is 1.68. The van der Waals surface area contributed by atoms with Gasteiger partial charge >= 0.3 is 0 Å². The fourth-order valence-corrected chi connectivity index (χ4v) is 3.09. The van der Waals surface area contributed by atoms with E-state index in [0.29, 0.717) is 24.1 Å². The largest absolute Gasteiger partial charge is 0.490 e. The first kappa shape index (κ1) is 15.1. The van der Waals surface area contributed by atoms with E-state index < -0.39 is 9.84 Å². The summed E-state index contributed by atoms with van der Waals surface area (Å²) in [7, 11) is -1.13. The molecule has 112 valence electrons. The van der Waals surface area contributed by atoms with E-state index in [1.165, 1.54) is 31.2 Å². The number of ether oxygens (including phenoxy) is 1. The molecule has 0 bridgehead atoms. The number of benzene rings is 1. The molecule has 2 N–H and O–H groups in total. The molecular formula is C14H22N2O3S. The topological polar surface area (TPSA) is 72.6 Å². The van der Waals surface area contributed by atoms with Crippen molar-refractivity contribution in [3.63, 3.8) is 0 Å². The summed E-state index contributed by atoms with van der Waals surface area (Å²) in [6, 6.07) is 5.02. The standard InChI is InChI=1S/C14H22N2O3S/c1-16-8-4-3-5-11(16)10-19-14-7-6-12(9-13(14)15)20(2,17)18/h6-7,9,11H,3-5,8,10,15H2,1-2H3. The first-order valence-electron chi connectivity index (χ1n) is 6.80. The summed E-state index contributed by atoms with van der Waals surface area (Å²) < 4.78 is 28.6. The van der Waals surface area contributed by atoms with Gasteiger partial charge in [-0.2, -0.15) is 0 Å². The number of nitrogens with zero attached hydrogens (tertiary/aromatic N) is 1. The average Bonchev–Trinajstić information content (AvgIpc) is 2.38. The number of hydrogen-bond acceptors (Lipinski definition) is 5. The molecule has 1 atom stereocenters. The van der Waals surface area contributed by atoms with Gasteiger partial charge in [-0.05, 0) is 44.6 Å². The second-order valence-corrected chi connectivity index (χ2v) is 7.43. The summed E-state index contributed by atoms with van der Waals surface area (Å²) in [6.07, 6.45) is 4.75. The molecule has 0 aromatic heterocycles. The zero-order valence-electron chi connectivity index (χ0n) is 12.0. The van der Waals surface area contributed by atoms with Crippen LogP contribution in [0.5, 0.6) is 5.75 Å². The van der Waals surface area contributed by atoms with E-state index in [2.05, 4.69) is 11.9 Å². The van der Waals surface area contributed by atoms with Crippen molar-refractivity contribution in [2.75, 3.05) is 32.2 Å². The number of likely N-dealkylation sites (N-methyl/N-ethyl adjacent to an activating group) is 1. The Labute approximate surface area is 120 Å². The lowest BCUT2D eigenvalue weighted by Crippen LogP contribution is -2.40. The molecule has 1 aromatic rings. The van der Waals surface area contributed by atoms with Gasteiger partial charge in [0, 0.05) is 12.3 Å². The molecule has 0 radical (unpaired) electrons. The molecule has 1 aliphatic rings. The lowest BCUT2D eigenvalue weighted by Gasteiger charge is -2.32. The molecule has 20 heavy (non-hydrogen) atoms. The Hall–Kier alpha value is -1.27. The van der Waals surface area contributed by atoms with Crippen molar-refractivity contribution in [1.29, 1.82) is 0 Å². The van der Waals surface area contributed by atoms with E-state index in [0.717, 1.165) is 13.0 Å². The van der Waals surface area contributed by atoms with Crippen LogP contribution in [0, 0.1) is 0 Å². The lowest BCUT2D eigenvalue weighted by atomic mass is 10.0. The summed E-state index contributed by atoms with van der Waals surface area (Å²) >= 11 is 0. The Balaban J connectivity index is 2.03. The normalized spacial score (nSPS) is 20.8. The van der Waals surface area contributed by atoms with E-state index in [-0.39, 0.29) is 4.90 Å². The molecule has 2 rings (SSSR count). The maximum absolute atomic E-state index is 11.4. The Morgan fingerprint density at radius 2 is 2.15 bits per heavy atom.